The van der Waals surface area contributed by atoms with E-state index in [4.69, 9.17) is 9.66 Å². The summed E-state index contributed by atoms with van der Waals surface area (Å²) in [6, 6.07) is 14.3. The van der Waals surface area contributed by atoms with Crippen molar-refractivity contribution in [1.82, 2.24) is 4.98 Å². The van der Waals surface area contributed by atoms with Gasteiger partial charge in [0.15, 0.2) is 0 Å². The molecule has 0 radical (unpaired) electrons. The summed E-state index contributed by atoms with van der Waals surface area (Å²) in [5, 5.41) is 26.3. The van der Waals surface area contributed by atoms with Crippen LogP contribution in [0.5, 0.6) is 5.75 Å². The average Bonchev–Trinajstić information content (AvgIpc) is 2.72. The van der Waals surface area contributed by atoms with Gasteiger partial charge in [0.2, 0.25) is 0 Å². The highest BCUT2D eigenvalue weighted by molar-refractivity contribution is 7.92. The Morgan fingerprint density at radius 3 is 2.06 bits per heavy atom. The maximum Gasteiger partial charge on any atom is 0.339 e. The van der Waals surface area contributed by atoms with Gasteiger partial charge in [0.25, 0.3) is 20.1 Å². The number of nitrogens with one attached hydrogen (secondary N) is 1. The Bertz CT molecular complexity index is 1350. The average molecular weight is 495 g/mol. The van der Waals surface area contributed by atoms with Crippen LogP contribution in [-0.2, 0) is 20.1 Å². The number of phenols is 1. The summed E-state index contributed by atoms with van der Waals surface area (Å²) in [5.41, 5.74) is 0.295. The third-order valence-electron chi connectivity index (χ3n) is 3.54. The second kappa shape index (κ2) is 10.6. The lowest BCUT2D eigenvalue weighted by Crippen LogP contribution is -2.13. The fourth-order valence-electron chi connectivity index (χ4n) is 2.18. The summed E-state index contributed by atoms with van der Waals surface area (Å²) in [7, 11) is -7.46. The molecule has 12 nitrogen and oxygen atoms in total. The van der Waals surface area contributed by atoms with Gasteiger partial charge in [-0.15, -0.1) is 0 Å². The van der Waals surface area contributed by atoms with Gasteiger partial charge in [-0.2, -0.15) is 18.6 Å². The van der Waals surface area contributed by atoms with Crippen LogP contribution in [0.4, 0.5) is 17.2 Å². The van der Waals surface area contributed by atoms with Crippen LogP contribution >= 0.6 is 0 Å². The molecule has 33 heavy (non-hydrogen) atoms. The minimum absolute atomic E-state index is 0.0231. The van der Waals surface area contributed by atoms with Gasteiger partial charge in [-0.25, -0.2) is 18.2 Å². The number of azo groups is 1. The molecule has 14 heteroatoms. The number of aromatic hydroxyl groups is 1. The molecular formula is C19H18N4O8S2. The van der Waals surface area contributed by atoms with Crippen molar-refractivity contribution in [2.24, 2.45) is 10.2 Å². The minimum Gasteiger partial charge on any atom is -0.507 e. The number of rotatable bonds is 6. The molecule has 0 amide bonds. The van der Waals surface area contributed by atoms with E-state index >= 15 is 0 Å². The van der Waals surface area contributed by atoms with Gasteiger partial charge in [0, 0.05) is 6.20 Å². The van der Waals surface area contributed by atoms with E-state index < -0.39 is 26.1 Å². The lowest BCUT2D eigenvalue weighted by atomic mass is 10.2. The molecule has 3 rings (SSSR count). The van der Waals surface area contributed by atoms with Gasteiger partial charge in [-0.3, -0.25) is 9.27 Å². The van der Waals surface area contributed by atoms with Crippen molar-refractivity contribution in [3.8, 4) is 5.75 Å². The van der Waals surface area contributed by atoms with Crippen LogP contribution in [0.1, 0.15) is 10.4 Å². The number of carboxylic acids is 1. The first-order valence-corrected chi connectivity index (χ1v) is 12.1. The third kappa shape index (κ3) is 8.64. The van der Waals surface area contributed by atoms with E-state index in [9.17, 15) is 26.7 Å². The lowest BCUT2D eigenvalue weighted by molar-refractivity contribution is 0.0693. The first-order chi connectivity index (χ1) is 15.3. The number of carboxylic acid groups (broad SMARTS) is 1. The van der Waals surface area contributed by atoms with Crippen molar-refractivity contribution in [1.29, 1.82) is 0 Å². The Kier molecular flexibility index (Phi) is 8.17. The highest BCUT2D eigenvalue weighted by Gasteiger charge is 2.14. The SMILES string of the molecule is CS(=O)(=O)O.O=C(O)c1cc(N=Nc2ccc(S(=O)(=O)Nc3ccccn3)cc2)ccc1O. The van der Waals surface area contributed by atoms with Crippen molar-refractivity contribution < 1.29 is 36.4 Å². The van der Waals surface area contributed by atoms with Crippen molar-refractivity contribution in [3.63, 3.8) is 0 Å². The molecule has 0 spiro atoms. The topological polar surface area (TPSA) is 196 Å². The van der Waals surface area contributed by atoms with Gasteiger partial charge < -0.3 is 10.2 Å². The number of hydrogen-bond acceptors (Lipinski definition) is 9. The first kappa shape index (κ1) is 25.4. The lowest BCUT2D eigenvalue weighted by Gasteiger charge is -2.07. The number of pyridine rings is 1. The van der Waals surface area contributed by atoms with Crippen LogP contribution in [0.25, 0.3) is 0 Å². The summed E-state index contributed by atoms with van der Waals surface area (Å²) < 4.78 is 52.9. The molecule has 0 fully saturated rings. The van der Waals surface area contributed by atoms with Gasteiger partial charge in [-0.05, 0) is 54.6 Å². The fourth-order valence-corrected chi connectivity index (χ4v) is 3.19. The largest absolute Gasteiger partial charge is 0.507 e. The fraction of sp³-hybridized carbons (Fsp3) is 0.0526. The standard InChI is InChI=1S/C18H14N4O5S.CH4O3S/c23-16-9-6-13(11-15(16)18(24)25)21-20-12-4-7-14(8-5-12)28(26,27)22-17-3-1-2-10-19-17;1-5(2,3)4/h1-11,23H,(H,19,22)(H,24,25);1H3,(H,2,3,4). The van der Waals surface area contributed by atoms with E-state index in [0.29, 0.717) is 11.9 Å². The van der Waals surface area contributed by atoms with E-state index in [1.165, 1.54) is 54.7 Å². The molecule has 0 aliphatic rings. The molecule has 0 unspecified atom stereocenters. The van der Waals surface area contributed by atoms with Crippen molar-refractivity contribution in [2.45, 2.75) is 4.90 Å². The summed E-state index contributed by atoms with van der Waals surface area (Å²) in [4.78, 5) is 14.9. The Labute approximate surface area is 189 Å². The van der Waals surface area contributed by atoms with E-state index in [2.05, 4.69) is 19.9 Å². The molecule has 0 bridgehead atoms. The van der Waals surface area contributed by atoms with E-state index in [1.807, 2.05) is 0 Å². The predicted octanol–water partition coefficient (Wildman–Crippen LogP) is 3.21. The van der Waals surface area contributed by atoms with E-state index in [-0.39, 0.29) is 27.7 Å². The normalized spacial score (nSPS) is 11.5. The molecule has 174 valence electrons. The zero-order chi connectivity index (χ0) is 24.6. The van der Waals surface area contributed by atoms with Crippen molar-refractivity contribution >= 4 is 43.3 Å². The Morgan fingerprint density at radius 2 is 1.52 bits per heavy atom. The van der Waals surface area contributed by atoms with Gasteiger partial charge in [0.1, 0.15) is 17.1 Å². The maximum absolute atomic E-state index is 12.3. The van der Waals surface area contributed by atoms with Gasteiger partial charge in [-0.1, -0.05) is 6.07 Å². The summed E-state index contributed by atoms with van der Waals surface area (Å²) in [6.07, 6.45) is 2.19. The molecule has 4 N–H and O–H groups in total. The minimum atomic E-state index is -3.79. The van der Waals surface area contributed by atoms with Crippen LogP contribution in [0, 0.1) is 0 Å². The number of nitrogens with zero attached hydrogens (tertiary/aromatic N) is 3. The summed E-state index contributed by atoms with van der Waals surface area (Å²) in [5.74, 6) is -1.46. The number of anilines is 1. The molecule has 2 aromatic carbocycles. The first-order valence-electron chi connectivity index (χ1n) is 8.79. The Balaban J connectivity index is 0.000000696. The molecule has 1 aromatic heterocycles. The Hall–Kier alpha value is -3.88. The van der Waals surface area contributed by atoms with Gasteiger partial charge in [0.05, 0.1) is 22.5 Å². The van der Waals surface area contributed by atoms with E-state index in [0.717, 1.165) is 0 Å². The zero-order valence-electron chi connectivity index (χ0n) is 16.9. The third-order valence-corrected chi connectivity index (χ3v) is 4.91. The quantitative estimate of drug-likeness (QED) is 0.294. The molecule has 0 aliphatic heterocycles. The van der Waals surface area contributed by atoms with Gasteiger partial charge >= 0.3 is 5.97 Å². The maximum atomic E-state index is 12.3. The smallest absolute Gasteiger partial charge is 0.339 e. The van der Waals surface area contributed by atoms with E-state index in [1.54, 1.807) is 12.1 Å². The van der Waals surface area contributed by atoms with Crippen molar-refractivity contribution in [3.05, 3.63) is 72.4 Å². The Morgan fingerprint density at radius 1 is 0.939 bits per heavy atom. The monoisotopic (exact) mass is 494 g/mol. The zero-order valence-corrected chi connectivity index (χ0v) is 18.5. The number of carbonyl (C=O) groups is 1. The van der Waals surface area contributed by atoms with Crippen LogP contribution in [0.15, 0.2) is 82.0 Å². The number of aromatic carboxylic acids is 1. The molecule has 3 aromatic rings. The molecular weight excluding hydrogens is 476 g/mol. The van der Waals surface area contributed by atoms with Crippen LogP contribution < -0.4 is 4.72 Å². The van der Waals surface area contributed by atoms with Crippen LogP contribution in [0.2, 0.25) is 0 Å². The molecule has 0 saturated carbocycles. The predicted molar refractivity (Wildman–Crippen MR) is 118 cm³/mol. The second-order valence-corrected chi connectivity index (χ2v) is 9.40. The molecule has 0 saturated heterocycles. The second-order valence-electron chi connectivity index (χ2n) is 6.25. The molecule has 0 atom stereocenters. The summed E-state index contributed by atoms with van der Waals surface area (Å²) in [6.45, 7) is 0. The number of hydrogen-bond donors (Lipinski definition) is 4. The summed E-state index contributed by atoms with van der Waals surface area (Å²) >= 11 is 0. The number of benzene rings is 2. The molecule has 1 heterocycles. The number of aromatic nitrogens is 1. The highest BCUT2D eigenvalue weighted by Crippen LogP contribution is 2.25. The van der Waals surface area contributed by atoms with Crippen LogP contribution in [0.3, 0.4) is 0 Å². The van der Waals surface area contributed by atoms with Crippen molar-refractivity contribution in [2.75, 3.05) is 11.0 Å². The number of sulfonamides is 1. The highest BCUT2D eigenvalue weighted by atomic mass is 32.2. The molecule has 0 aliphatic carbocycles. The van der Waals surface area contributed by atoms with Crippen LogP contribution in [-0.4, -0.2) is 48.8 Å².